The van der Waals surface area contributed by atoms with Gasteiger partial charge in [0.05, 0.1) is 6.61 Å². The van der Waals surface area contributed by atoms with E-state index in [2.05, 4.69) is 58.6 Å². The van der Waals surface area contributed by atoms with Crippen molar-refractivity contribution in [2.24, 2.45) is 10.9 Å². The van der Waals surface area contributed by atoms with E-state index in [1.165, 1.54) is 37.1 Å². The van der Waals surface area contributed by atoms with Gasteiger partial charge in [0.25, 0.3) is 0 Å². The molecule has 1 aliphatic rings. The molecular weight excluding hydrogens is 312 g/mol. The molecule has 1 aliphatic heterocycles. The molecule has 1 saturated heterocycles. The Bertz CT molecular complexity index is 507. The van der Waals surface area contributed by atoms with Crippen LogP contribution in [0.4, 0.5) is 0 Å². The van der Waals surface area contributed by atoms with Crippen molar-refractivity contribution in [1.82, 2.24) is 15.5 Å². The maximum absolute atomic E-state index is 5.57. The lowest BCUT2D eigenvalue weighted by Gasteiger charge is -2.15. The van der Waals surface area contributed by atoms with Crippen molar-refractivity contribution < 1.29 is 4.74 Å². The van der Waals surface area contributed by atoms with Gasteiger partial charge in [0, 0.05) is 33.3 Å². The van der Waals surface area contributed by atoms with Crippen LogP contribution in [0.3, 0.4) is 0 Å². The van der Waals surface area contributed by atoms with Gasteiger partial charge >= 0.3 is 0 Å². The molecule has 1 aromatic carbocycles. The third-order valence-corrected chi connectivity index (χ3v) is 4.30. The fourth-order valence-corrected chi connectivity index (χ4v) is 2.93. The van der Waals surface area contributed by atoms with Crippen molar-refractivity contribution in [1.29, 1.82) is 0 Å². The molecule has 1 aromatic rings. The lowest BCUT2D eigenvalue weighted by molar-refractivity contribution is 0.114. The zero-order valence-electron chi connectivity index (χ0n) is 16.1. The summed E-state index contributed by atoms with van der Waals surface area (Å²) in [6.07, 6.45) is 2.69. The average Bonchev–Trinajstić information content (AvgIpc) is 3.11. The highest BCUT2D eigenvalue weighted by atomic mass is 16.5. The Kier molecular flexibility index (Phi) is 8.77. The second kappa shape index (κ2) is 11.1. The van der Waals surface area contributed by atoms with Gasteiger partial charge in [-0.1, -0.05) is 38.1 Å². The number of aliphatic imine (C=N–C) groups is 1. The zero-order chi connectivity index (χ0) is 17.9. The van der Waals surface area contributed by atoms with Crippen molar-refractivity contribution >= 4 is 5.96 Å². The fourth-order valence-electron chi connectivity index (χ4n) is 2.93. The Labute approximate surface area is 152 Å². The first kappa shape index (κ1) is 19.7. The first-order valence-electron chi connectivity index (χ1n) is 9.50. The maximum Gasteiger partial charge on any atom is 0.191 e. The molecule has 2 rings (SSSR count). The van der Waals surface area contributed by atoms with Crippen LogP contribution in [-0.2, 0) is 17.8 Å². The summed E-state index contributed by atoms with van der Waals surface area (Å²) < 4.78 is 5.57. The maximum atomic E-state index is 5.57. The van der Waals surface area contributed by atoms with Gasteiger partial charge < -0.3 is 15.4 Å². The zero-order valence-corrected chi connectivity index (χ0v) is 16.1. The molecule has 0 radical (unpaired) electrons. The third kappa shape index (κ3) is 7.88. The highest BCUT2D eigenvalue weighted by Gasteiger charge is 2.11. The minimum absolute atomic E-state index is 0.575. The number of nitrogens with zero attached hydrogens (tertiary/aromatic N) is 2. The summed E-state index contributed by atoms with van der Waals surface area (Å²) in [6, 6.07) is 8.89. The SMILES string of the molecule is CN=C(NCCOCC(C)C)NCc1ccc(CN2CCCC2)cc1. The molecule has 140 valence electrons. The van der Waals surface area contributed by atoms with Crippen LogP contribution in [-0.4, -0.2) is 50.8 Å². The van der Waals surface area contributed by atoms with Crippen LogP contribution >= 0.6 is 0 Å². The summed E-state index contributed by atoms with van der Waals surface area (Å²) in [5.41, 5.74) is 2.67. The molecule has 0 aromatic heterocycles. The first-order valence-corrected chi connectivity index (χ1v) is 9.50. The van der Waals surface area contributed by atoms with E-state index in [1.54, 1.807) is 7.05 Å². The van der Waals surface area contributed by atoms with Crippen LogP contribution in [0.1, 0.15) is 37.8 Å². The molecule has 2 N–H and O–H groups in total. The van der Waals surface area contributed by atoms with Crippen LogP contribution in [0.5, 0.6) is 0 Å². The van der Waals surface area contributed by atoms with Crippen LogP contribution < -0.4 is 10.6 Å². The summed E-state index contributed by atoms with van der Waals surface area (Å²) in [7, 11) is 1.80. The Morgan fingerprint density at radius 2 is 1.80 bits per heavy atom. The average molecular weight is 347 g/mol. The number of nitrogens with one attached hydrogen (secondary N) is 2. The molecule has 0 amide bonds. The summed E-state index contributed by atoms with van der Waals surface area (Å²) >= 11 is 0. The summed E-state index contributed by atoms with van der Waals surface area (Å²) in [5.74, 6) is 1.39. The molecule has 0 bridgehead atoms. The second-order valence-corrected chi connectivity index (χ2v) is 7.12. The fraction of sp³-hybridized carbons (Fsp3) is 0.650. The van der Waals surface area contributed by atoms with E-state index >= 15 is 0 Å². The smallest absolute Gasteiger partial charge is 0.191 e. The lowest BCUT2D eigenvalue weighted by atomic mass is 10.1. The third-order valence-electron chi connectivity index (χ3n) is 4.30. The predicted octanol–water partition coefficient (Wildman–Crippen LogP) is 2.62. The Balaban J connectivity index is 1.66. The normalized spacial score (nSPS) is 15.8. The quantitative estimate of drug-likeness (QED) is 0.410. The molecule has 0 unspecified atom stereocenters. The Morgan fingerprint density at radius 3 is 2.44 bits per heavy atom. The van der Waals surface area contributed by atoms with Crippen LogP contribution in [0.15, 0.2) is 29.3 Å². The molecule has 0 atom stereocenters. The van der Waals surface area contributed by atoms with Gasteiger partial charge in [0.15, 0.2) is 5.96 Å². The van der Waals surface area contributed by atoms with Gasteiger partial charge in [0.1, 0.15) is 0 Å². The Morgan fingerprint density at radius 1 is 1.12 bits per heavy atom. The first-order chi connectivity index (χ1) is 12.2. The summed E-state index contributed by atoms with van der Waals surface area (Å²) in [6.45, 7) is 10.9. The van der Waals surface area contributed by atoms with E-state index in [1.807, 2.05) is 0 Å². The number of benzene rings is 1. The van der Waals surface area contributed by atoms with Gasteiger partial charge in [-0.3, -0.25) is 9.89 Å². The minimum atomic E-state index is 0.575. The Hall–Kier alpha value is -1.59. The van der Waals surface area contributed by atoms with E-state index in [0.29, 0.717) is 12.5 Å². The topological polar surface area (TPSA) is 48.9 Å². The van der Waals surface area contributed by atoms with Crippen molar-refractivity contribution in [3.05, 3.63) is 35.4 Å². The number of hydrogen-bond acceptors (Lipinski definition) is 3. The van der Waals surface area contributed by atoms with Crippen molar-refractivity contribution in [2.75, 3.05) is 39.9 Å². The van der Waals surface area contributed by atoms with E-state index in [9.17, 15) is 0 Å². The number of likely N-dealkylation sites (tertiary alicyclic amines) is 1. The predicted molar refractivity (Wildman–Crippen MR) is 105 cm³/mol. The van der Waals surface area contributed by atoms with Gasteiger partial charge in [0.2, 0.25) is 0 Å². The van der Waals surface area contributed by atoms with E-state index in [4.69, 9.17) is 4.74 Å². The van der Waals surface area contributed by atoms with E-state index < -0.39 is 0 Å². The number of ether oxygens (including phenoxy) is 1. The van der Waals surface area contributed by atoms with Crippen LogP contribution in [0, 0.1) is 5.92 Å². The van der Waals surface area contributed by atoms with Crippen molar-refractivity contribution in [3.63, 3.8) is 0 Å². The molecule has 0 saturated carbocycles. The summed E-state index contributed by atoms with van der Waals surface area (Å²) in [5, 5.41) is 6.63. The van der Waals surface area contributed by atoms with Gasteiger partial charge in [-0.15, -0.1) is 0 Å². The lowest BCUT2D eigenvalue weighted by Crippen LogP contribution is -2.38. The molecule has 0 aliphatic carbocycles. The molecule has 25 heavy (non-hydrogen) atoms. The minimum Gasteiger partial charge on any atom is -0.379 e. The molecule has 5 nitrogen and oxygen atoms in total. The van der Waals surface area contributed by atoms with Gasteiger partial charge in [-0.05, 0) is 43.0 Å². The highest BCUT2D eigenvalue weighted by Crippen LogP contribution is 2.13. The van der Waals surface area contributed by atoms with Crippen LogP contribution in [0.2, 0.25) is 0 Å². The number of hydrogen-bond donors (Lipinski definition) is 2. The molecule has 5 heteroatoms. The van der Waals surface area contributed by atoms with Gasteiger partial charge in [-0.2, -0.15) is 0 Å². The van der Waals surface area contributed by atoms with Crippen LogP contribution in [0.25, 0.3) is 0 Å². The largest absolute Gasteiger partial charge is 0.379 e. The summed E-state index contributed by atoms with van der Waals surface area (Å²) in [4.78, 5) is 6.78. The van der Waals surface area contributed by atoms with Crippen molar-refractivity contribution in [3.8, 4) is 0 Å². The standard InChI is InChI=1S/C20H34N4O/c1-17(2)16-25-13-10-22-20(21-3)23-14-18-6-8-19(9-7-18)15-24-11-4-5-12-24/h6-9,17H,4-5,10-16H2,1-3H3,(H2,21,22,23). The molecule has 1 heterocycles. The second-order valence-electron chi connectivity index (χ2n) is 7.12. The highest BCUT2D eigenvalue weighted by molar-refractivity contribution is 5.79. The van der Waals surface area contributed by atoms with E-state index in [-0.39, 0.29) is 0 Å². The molecule has 1 fully saturated rings. The monoisotopic (exact) mass is 346 g/mol. The number of guanidine groups is 1. The van der Waals surface area contributed by atoms with Gasteiger partial charge in [-0.25, -0.2) is 0 Å². The number of rotatable bonds is 9. The molecular formula is C20H34N4O. The van der Waals surface area contributed by atoms with E-state index in [0.717, 1.165) is 32.2 Å². The van der Waals surface area contributed by atoms with Crippen molar-refractivity contribution in [2.45, 2.75) is 39.8 Å². The molecule has 0 spiro atoms.